The maximum atomic E-state index is 13.2. The Morgan fingerprint density at radius 2 is 2.10 bits per heavy atom. The number of hydrogen-bond acceptors (Lipinski definition) is 4. The van der Waals surface area contributed by atoms with Gasteiger partial charge in [0.05, 0.1) is 21.7 Å². The van der Waals surface area contributed by atoms with Crippen molar-refractivity contribution in [1.29, 1.82) is 5.26 Å². The van der Waals surface area contributed by atoms with Crippen LogP contribution in [0.3, 0.4) is 0 Å². The minimum Gasteiger partial charge on any atom is -0.259 e. The van der Waals surface area contributed by atoms with E-state index in [4.69, 9.17) is 5.26 Å². The van der Waals surface area contributed by atoms with Crippen molar-refractivity contribution >= 4 is 22.6 Å². The van der Waals surface area contributed by atoms with E-state index in [0.717, 1.165) is 21.0 Å². The molecule has 5 nitrogen and oxygen atoms in total. The van der Waals surface area contributed by atoms with E-state index >= 15 is 0 Å². The van der Waals surface area contributed by atoms with Crippen LogP contribution in [0.25, 0.3) is 16.9 Å². The van der Waals surface area contributed by atoms with Gasteiger partial charge < -0.3 is 0 Å². The molecule has 0 radical (unpaired) electrons. The molecule has 0 fully saturated rings. The van der Waals surface area contributed by atoms with Crippen molar-refractivity contribution in [1.82, 2.24) is 19.7 Å². The summed E-state index contributed by atoms with van der Waals surface area (Å²) >= 11 is 2.15. The number of rotatable bonds is 2. The number of pyridine rings is 2. The third kappa shape index (κ3) is 2.75. The molecule has 0 saturated heterocycles. The van der Waals surface area contributed by atoms with Crippen molar-refractivity contribution in [2.75, 3.05) is 0 Å². The molecular formula is C14H7FIN5. The van der Waals surface area contributed by atoms with Gasteiger partial charge in [-0.1, -0.05) is 0 Å². The molecule has 0 unspecified atom stereocenters. The largest absolute Gasteiger partial charge is 0.259 e. The molecule has 0 N–H and O–H groups in total. The van der Waals surface area contributed by atoms with E-state index in [0.29, 0.717) is 11.4 Å². The van der Waals surface area contributed by atoms with Crippen LogP contribution in [0.1, 0.15) is 5.69 Å². The summed E-state index contributed by atoms with van der Waals surface area (Å²) in [4.78, 5) is 7.83. The molecule has 0 aliphatic carbocycles. The molecule has 3 aromatic rings. The zero-order valence-electron chi connectivity index (χ0n) is 10.5. The third-order valence-corrected chi connectivity index (χ3v) is 3.57. The summed E-state index contributed by atoms with van der Waals surface area (Å²) in [5, 5.41) is 13.2. The molecule has 0 aromatic carbocycles. The second-order valence-corrected chi connectivity index (χ2v) is 5.34. The minimum atomic E-state index is -0.417. The molecule has 3 rings (SSSR count). The number of aromatic nitrogens is 4. The van der Waals surface area contributed by atoms with E-state index in [1.807, 2.05) is 6.07 Å². The highest BCUT2D eigenvalue weighted by atomic mass is 127. The summed E-state index contributed by atoms with van der Waals surface area (Å²) in [5.74, 6) is -0.417. The monoisotopic (exact) mass is 391 g/mol. The molecule has 0 bridgehead atoms. The van der Waals surface area contributed by atoms with Crippen LogP contribution < -0.4 is 0 Å². The Hall–Kier alpha value is -2.34. The van der Waals surface area contributed by atoms with Crippen molar-refractivity contribution < 1.29 is 4.39 Å². The second kappa shape index (κ2) is 5.57. The fourth-order valence-electron chi connectivity index (χ4n) is 1.81. The van der Waals surface area contributed by atoms with Crippen molar-refractivity contribution in [2.45, 2.75) is 0 Å². The molecule has 0 spiro atoms. The van der Waals surface area contributed by atoms with Crippen LogP contribution in [0.5, 0.6) is 0 Å². The quantitative estimate of drug-likeness (QED) is 0.631. The molecule has 0 amide bonds. The van der Waals surface area contributed by atoms with Gasteiger partial charge >= 0.3 is 0 Å². The number of hydrogen-bond donors (Lipinski definition) is 0. The highest BCUT2D eigenvalue weighted by molar-refractivity contribution is 14.1. The summed E-state index contributed by atoms with van der Waals surface area (Å²) in [6.07, 6.45) is 6.05. The van der Waals surface area contributed by atoms with Gasteiger partial charge in [0.25, 0.3) is 0 Å². The molecule has 0 aliphatic rings. The lowest BCUT2D eigenvalue weighted by molar-refractivity contribution is 0.618. The lowest BCUT2D eigenvalue weighted by Gasteiger charge is -2.00. The van der Waals surface area contributed by atoms with Gasteiger partial charge in [-0.05, 0) is 34.7 Å². The predicted octanol–water partition coefficient (Wildman–Crippen LogP) is 2.94. The minimum absolute atomic E-state index is 0.350. The first-order valence-corrected chi connectivity index (χ1v) is 6.98. The topological polar surface area (TPSA) is 67.4 Å². The van der Waals surface area contributed by atoms with Gasteiger partial charge in [0.1, 0.15) is 23.3 Å². The van der Waals surface area contributed by atoms with Crippen molar-refractivity contribution in [2.24, 2.45) is 0 Å². The van der Waals surface area contributed by atoms with Crippen LogP contribution in [0.2, 0.25) is 0 Å². The molecule has 0 saturated carbocycles. The molecule has 21 heavy (non-hydrogen) atoms. The van der Waals surface area contributed by atoms with E-state index in [2.05, 4.69) is 37.7 Å². The van der Waals surface area contributed by atoms with E-state index in [9.17, 15) is 4.39 Å². The molecule has 0 atom stereocenters. The van der Waals surface area contributed by atoms with Crippen LogP contribution in [0, 0.1) is 20.7 Å². The molecule has 3 heterocycles. The highest BCUT2D eigenvalue weighted by Crippen LogP contribution is 2.24. The van der Waals surface area contributed by atoms with Gasteiger partial charge in [-0.3, -0.25) is 4.98 Å². The fourth-order valence-corrected chi connectivity index (χ4v) is 2.49. The zero-order chi connectivity index (χ0) is 14.8. The first-order chi connectivity index (χ1) is 10.2. The maximum absolute atomic E-state index is 13.2. The molecule has 7 heteroatoms. The van der Waals surface area contributed by atoms with Crippen molar-refractivity contribution in [3.63, 3.8) is 0 Å². The molecule has 0 aliphatic heterocycles. The Kier molecular flexibility index (Phi) is 3.62. The van der Waals surface area contributed by atoms with Crippen LogP contribution >= 0.6 is 22.6 Å². The summed E-state index contributed by atoms with van der Waals surface area (Å²) < 4.78 is 15.7. The molecule has 3 aromatic heterocycles. The smallest absolute Gasteiger partial charge is 0.143 e. The van der Waals surface area contributed by atoms with Gasteiger partial charge in [-0.2, -0.15) is 10.4 Å². The summed E-state index contributed by atoms with van der Waals surface area (Å²) in [5.41, 5.74) is 2.40. The van der Waals surface area contributed by atoms with Crippen molar-refractivity contribution in [3.05, 3.63) is 58.1 Å². The van der Waals surface area contributed by atoms with E-state index in [1.54, 1.807) is 29.2 Å². The van der Waals surface area contributed by atoms with Gasteiger partial charge in [0.2, 0.25) is 0 Å². The lowest BCUT2D eigenvalue weighted by Crippen LogP contribution is -1.96. The number of nitrogens with zero attached hydrogens (tertiary/aromatic N) is 5. The SMILES string of the molecule is N#Cc1ccc(-c2nn(-c3cncc(F)c3)cc2I)cn1. The third-order valence-electron chi connectivity index (χ3n) is 2.78. The van der Waals surface area contributed by atoms with Gasteiger partial charge in [-0.25, -0.2) is 14.1 Å². The van der Waals surface area contributed by atoms with Gasteiger partial charge in [0.15, 0.2) is 0 Å². The Labute approximate surface area is 133 Å². The first-order valence-electron chi connectivity index (χ1n) is 5.90. The van der Waals surface area contributed by atoms with E-state index in [1.165, 1.54) is 12.3 Å². The Balaban J connectivity index is 2.03. The Bertz CT molecular complexity index is 835. The van der Waals surface area contributed by atoms with Crippen molar-refractivity contribution in [3.8, 4) is 23.0 Å². The summed E-state index contributed by atoms with van der Waals surface area (Å²) in [6, 6.07) is 6.74. The lowest BCUT2D eigenvalue weighted by atomic mass is 10.2. The zero-order valence-corrected chi connectivity index (χ0v) is 12.7. The van der Waals surface area contributed by atoms with Crippen LogP contribution in [0.4, 0.5) is 4.39 Å². The van der Waals surface area contributed by atoms with Gasteiger partial charge in [0, 0.05) is 24.0 Å². The van der Waals surface area contributed by atoms with Crippen LogP contribution in [-0.2, 0) is 0 Å². The van der Waals surface area contributed by atoms with Crippen LogP contribution in [-0.4, -0.2) is 19.7 Å². The normalized spacial score (nSPS) is 10.3. The number of nitriles is 1. The molecular weight excluding hydrogens is 384 g/mol. The van der Waals surface area contributed by atoms with E-state index < -0.39 is 5.82 Å². The average Bonchev–Trinajstić information content (AvgIpc) is 2.89. The number of halogens is 2. The summed E-state index contributed by atoms with van der Waals surface area (Å²) in [6.45, 7) is 0. The summed E-state index contributed by atoms with van der Waals surface area (Å²) in [7, 11) is 0. The highest BCUT2D eigenvalue weighted by Gasteiger charge is 2.11. The predicted molar refractivity (Wildman–Crippen MR) is 82.0 cm³/mol. The Morgan fingerprint density at radius 3 is 2.76 bits per heavy atom. The maximum Gasteiger partial charge on any atom is 0.143 e. The fraction of sp³-hybridized carbons (Fsp3) is 0. The molecule has 102 valence electrons. The second-order valence-electron chi connectivity index (χ2n) is 4.18. The van der Waals surface area contributed by atoms with Gasteiger partial charge in [-0.15, -0.1) is 0 Å². The first kappa shape index (κ1) is 13.6. The standard InChI is InChI=1S/C14H7FIN5/c15-10-3-12(7-18-6-10)21-8-13(16)14(20-21)9-1-2-11(4-17)19-5-9/h1-3,5-8H. The Morgan fingerprint density at radius 1 is 1.24 bits per heavy atom. The average molecular weight is 391 g/mol. The van der Waals surface area contributed by atoms with Crippen LogP contribution in [0.15, 0.2) is 43.0 Å². The van der Waals surface area contributed by atoms with E-state index in [-0.39, 0.29) is 0 Å².